The molecule has 0 N–H and O–H groups in total. The first-order valence-corrected chi connectivity index (χ1v) is 11.2. The number of benzene rings is 2. The molecule has 0 spiro atoms. The second-order valence-corrected chi connectivity index (χ2v) is 8.84. The highest BCUT2D eigenvalue weighted by Crippen LogP contribution is 2.29. The van der Waals surface area contributed by atoms with Gasteiger partial charge >= 0.3 is 12.1 Å². The maximum atomic E-state index is 14.6. The predicted octanol–water partition coefficient (Wildman–Crippen LogP) is 4.88. The third-order valence-corrected chi connectivity index (χ3v) is 5.69. The van der Waals surface area contributed by atoms with Crippen LogP contribution in [0.1, 0.15) is 37.5 Å². The summed E-state index contributed by atoms with van der Waals surface area (Å²) in [4.78, 5) is 16.4. The summed E-state index contributed by atoms with van der Waals surface area (Å²) >= 11 is 0. The Morgan fingerprint density at radius 3 is 1.94 bits per heavy atom. The lowest BCUT2D eigenvalue weighted by Gasteiger charge is -2.34. The summed E-state index contributed by atoms with van der Waals surface area (Å²) in [5.41, 5.74) is -0.323. The molecule has 0 unspecified atom stereocenters. The minimum atomic E-state index is -4.33. The topological polar surface area (TPSA) is 42.0 Å². The number of piperazine rings is 1. The molecule has 0 amide bonds. The molecule has 0 saturated carbocycles. The molecule has 3 rings (SSSR count). The molecular weight excluding hydrogens is 452 g/mol. The van der Waals surface area contributed by atoms with Gasteiger partial charge in [0.25, 0.3) is 0 Å². The highest BCUT2D eigenvalue weighted by Gasteiger charge is 2.33. The van der Waals surface area contributed by atoms with Gasteiger partial charge in [0.1, 0.15) is 0 Å². The molecular formula is C25H30F4N2O3. The molecule has 1 aliphatic heterocycles. The number of carbonyl (C=O) groups is 1. The van der Waals surface area contributed by atoms with E-state index in [4.69, 9.17) is 9.47 Å². The van der Waals surface area contributed by atoms with Crippen LogP contribution in [0, 0.1) is 5.82 Å². The van der Waals surface area contributed by atoms with E-state index in [0.717, 1.165) is 49.4 Å². The van der Waals surface area contributed by atoms with E-state index in [1.165, 1.54) is 38.1 Å². The van der Waals surface area contributed by atoms with Gasteiger partial charge in [-0.15, -0.1) is 0 Å². The molecule has 0 aliphatic carbocycles. The molecule has 1 saturated heterocycles. The van der Waals surface area contributed by atoms with Crippen LogP contribution in [0.4, 0.5) is 17.6 Å². The van der Waals surface area contributed by atoms with Crippen LogP contribution in [0.25, 0.3) is 0 Å². The zero-order chi connectivity index (χ0) is 24.9. The number of carbonyl (C=O) groups excluding carboxylic acids is 1. The van der Waals surface area contributed by atoms with E-state index in [2.05, 4.69) is 9.80 Å². The molecule has 1 fully saturated rings. The zero-order valence-corrected chi connectivity index (χ0v) is 19.6. The van der Waals surface area contributed by atoms with Crippen LogP contribution in [0.15, 0.2) is 42.5 Å². The molecule has 2 aromatic rings. The highest BCUT2D eigenvalue weighted by molar-refractivity contribution is 5.79. The molecule has 1 aliphatic rings. The molecule has 2 aromatic carbocycles. The molecule has 0 radical (unpaired) electrons. The second-order valence-electron chi connectivity index (χ2n) is 8.84. The van der Waals surface area contributed by atoms with Crippen molar-refractivity contribution in [2.45, 2.75) is 45.6 Å². The third kappa shape index (κ3) is 6.93. The van der Waals surface area contributed by atoms with E-state index in [0.29, 0.717) is 13.1 Å². The normalized spacial score (nSPS) is 15.9. The number of rotatable bonds is 8. The minimum absolute atomic E-state index is 0.0110. The van der Waals surface area contributed by atoms with Gasteiger partial charge in [-0.3, -0.25) is 9.80 Å². The standard InChI is InChI=1S/C25H30F4N2O3/c1-4-33-23(32)24(2,3)34-22-10-7-19(15-21(22)26)17-31-13-11-30(12-14-31)16-18-5-8-20(9-6-18)25(27,28)29/h5-10,15H,4,11-14,16-17H2,1-3H3. The lowest BCUT2D eigenvalue weighted by molar-refractivity contribution is -0.158. The van der Waals surface area contributed by atoms with E-state index in [9.17, 15) is 22.4 Å². The SMILES string of the molecule is CCOC(=O)C(C)(C)Oc1ccc(CN2CCN(Cc3ccc(C(F)(F)F)cc3)CC2)cc1F. The Labute approximate surface area is 197 Å². The highest BCUT2D eigenvalue weighted by atomic mass is 19.4. The van der Waals surface area contributed by atoms with E-state index in [-0.39, 0.29) is 12.4 Å². The van der Waals surface area contributed by atoms with Gasteiger partial charge in [0.2, 0.25) is 0 Å². The van der Waals surface area contributed by atoms with Gasteiger partial charge in [0, 0.05) is 39.3 Å². The van der Waals surface area contributed by atoms with Crippen molar-refractivity contribution >= 4 is 5.97 Å². The van der Waals surface area contributed by atoms with Gasteiger partial charge in [-0.2, -0.15) is 13.2 Å². The monoisotopic (exact) mass is 482 g/mol. The third-order valence-electron chi connectivity index (χ3n) is 5.69. The number of nitrogens with zero attached hydrogens (tertiary/aromatic N) is 2. The molecule has 0 bridgehead atoms. The van der Waals surface area contributed by atoms with E-state index >= 15 is 0 Å². The summed E-state index contributed by atoms with van der Waals surface area (Å²) in [5.74, 6) is -1.12. The van der Waals surface area contributed by atoms with E-state index in [1.807, 2.05) is 0 Å². The van der Waals surface area contributed by atoms with Crippen molar-refractivity contribution in [3.05, 3.63) is 65.0 Å². The van der Waals surface area contributed by atoms with Crippen LogP contribution < -0.4 is 4.74 Å². The van der Waals surface area contributed by atoms with Crippen molar-refractivity contribution < 1.29 is 31.8 Å². The first kappa shape index (κ1) is 26.0. The summed E-state index contributed by atoms with van der Waals surface area (Å²) in [6.45, 7) is 9.16. The Balaban J connectivity index is 1.50. The maximum absolute atomic E-state index is 14.6. The summed E-state index contributed by atoms with van der Waals surface area (Å²) in [5, 5.41) is 0. The number of alkyl halides is 3. The van der Waals surface area contributed by atoms with Gasteiger partial charge in [-0.25, -0.2) is 9.18 Å². The number of esters is 1. The molecule has 0 aromatic heterocycles. The Morgan fingerprint density at radius 1 is 0.912 bits per heavy atom. The van der Waals surface area contributed by atoms with Crippen LogP contribution >= 0.6 is 0 Å². The molecule has 34 heavy (non-hydrogen) atoms. The van der Waals surface area contributed by atoms with Gasteiger partial charge in [-0.05, 0) is 56.2 Å². The molecule has 1 heterocycles. The largest absolute Gasteiger partial charge is 0.473 e. The number of hydrogen-bond donors (Lipinski definition) is 0. The fourth-order valence-electron chi connectivity index (χ4n) is 3.77. The van der Waals surface area contributed by atoms with E-state index < -0.39 is 29.1 Å². The van der Waals surface area contributed by atoms with Gasteiger partial charge in [0.05, 0.1) is 12.2 Å². The minimum Gasteiger partial charge on any atom is -0.473 e. The average Bonchev–Trinajstić information content (AvgIpc) is 2.77. The fraction of sp³-hybridized carbons (Fsp3) is 0.480. The summed E-state index contributed by atoms with van der Waals surface area (Å²) in [6.07, 6.45) is -4.33. The Morgan fingerprint density at radius 2 is 1.44 bits per heavy atom. The van der Waals surface area contributed by atoms with Gasteiger partial charge < -0.3 is 9.47 Å². The summed E-state index contributed by atoms with van der Waals surface area (Å²) < 4.78 is 63.3. The second kappa shape index (κ2) is 10.7. The first-order chi connectivity index (χ1) is 16.0. The Kier molecular flexibility index (Phi) is 8.20. The number of hydrogen-bond acceptors (Lipinski definition) is 5. The van der Waals surface area contributed by atoms with E-state index in [1.54, 1.807) is 13.0 Å². The average molecular weight is 483 g/mol. The van der Waals surface area contributed by atoms with Crippen LogP contribution in [0.2, 0.25) is 0 Å². The van der Waals surface area contributed by atoms with Crippen LogP contribution in [0.3, 0.4) is 0 Å². The summed E-state index contributed by atoms with van der Waals surface area (Å²) in [7, 11) is 0. The first-order valence-electron chi connectivity index (χ1n) is 11.2. The van der Waals surface area contributed by atoms with Crippen molar-refractivity contribution in [1.29, 1.82) is 0 Å². The Bertz CT molecular complexity index is 969. The predicted molar refractivity (Wildman–Crippen MR) is 120 cm³/mol. The number of halogens is 4. The van der Waals surface area contributed by atoms with Crippen LogP contribution in [-0.2, 0) is 28.8 Å². The molecule has 0 atom stereocenters. The van der Waals surface area contributed by atoms with Gasteiger partial charge in [0.15, 0.2) is 17.2 Å². The quantitative estimate of drug-likeness (QED) is 0.396. The van der Waals surface area contributed by atoms with Crippen molar-refractivity contribution in [3.63, 3.8) is 0 Å². The van der Waals surface area contributed by atoms with Crippen LogP contribution in [-0.4, -0.2) is 54.2 Å². The van der Waals surface area contributed by atoms with Crippen molar-refractivity contribution in [2.24, 2.45) is 0 Å². The van der Waals surface area contributed by atoms with Crippen molar-refractivity contribution in [3.8, 4) is 5.75 Å². The lowest BCUT2D eigenvalue weighted by atomic mass is 10.1. The number of ether oxygens (including phenoxy) is 2. The molecule has 186 valence electrons. The fourth-order valence-corrected chi connectivity index (χ4v) is 3.77. The van der Waals surface area contributed by atoms with Crippen LogP contribution in [0.5, 0.6) is 5.75 Å². The van der Waals surface area contributed by atoms with Crippen molar-refractivity contribution in [1.82, 2.24) is 9.80 Å². The Hall–Kier alpha value is -2.65. The zero-order valence-electron chi connectivity index (χ0n) is 19.6. The maximum Gasteiger partial charge on any atom is 0.416 e. The molecule has 9 heteroatoms. The lowest BCUT2D eigenvalue weighted by Crippen LogP contribution is -2.45. The van der Waals surface area contributed by atoms with Gasteiger partial charge in [-0.1, -0.05) is 18.2 Å². The molecule has 5 nitrogen and oxygen atoms in total. The van der Waals surface area contributed by atoms with Crippen molar-refractivity contribution in [2.75, 3.05) is 32.8 Å². The smallest absolute Gasteiger partial charge is 0.416 e. The summed E-state index contributed by atoms with van der Waals surface area (Å²) in [6, 6.07) is 9.96.